The highest BCUT2D eigenvalue weighted by molar-refractivity contribution is 7.80. The number of carbonyl (C=O) groups is 2. The Hall–Kier alpha value is -2.50. The van der Waals surface area contributed by atoms with E-state index in [1.807, 2.05) is 30.3 Å². The number of allylic oxidation sites excluding steroid dienone is 1. The van der Waals surface area contributed by atoms with Crippen molar-refractivity contribution in [1.82, 2.24) is 5.32 Å². The van der Waals surface area contributed by atoms with E-state index in [0.717, 1.165) is 12.0 Å². The number of hydrogen-bond donors (Lipinski definition) is 1. The minimum absolute atomic E-state index is 0.0672. The molecule has 1 heterocycles. The van der Waals surface area contributed by atoms with E-state index in [4.69, 9.17) is 23.8 Å². The highest BCUT2D eigenvalue weighted by Gasteiger charge is 2.34. The molecule has 1 aliphatic heterocycles. The van der Waals surface area contributed by atoms with Crippen molar-refractivity contribution in [3.63, 3.8) is 0 Å². The third-order valence-corrected chi connectivity index (χ3v) is 4.35. The number of carbonyl (C=O) groups excluding carboxylic acids is 2. The molecule has 0 radical (unpaired) electrons. The lowest BCUT2D eigenvalue weighted by molar-refractivity contribution is -0.122. The summed E-state index contributed by atoms with van der Waals surface area (Å²) in [6.45, 7) is 0. The van der Waals surface area contributed by atoms with Crippen molar-refractivity contribution >= 4 is 46.4 Å². The summed E-state index contributed by atoms with van der Waals surface area (Å²) in [6, 6.07) is 16.6. The van der Waals surface area contributed by atoms with E-state index in [9.17, 15) is 9.59 Å². The second-order valence-electron chi connectivity index (χ2n) is 5.52. The molecule has 0 aromatic heterocycles. The highest BCUT2D eigenvalue weighted by atomic mass is 35.5. The van der Waals surface area contributed by atoms with E-state index in [1.165, 1.54) is 4.90 Å². The minimum atomic E-state index is -0.465. The van der Waals surface area contributed by atoms with Crippen LogP contribution in [0.3, 0.4) is 0 Å². The van der Waals surface area contributed by atoms with Gasteiger partial charge in [-0.15, -0.1) is 0 Å². The van der Waals surface area contributed by atoms with Crippen molar-refractivity contribution in [2.75, 3.05) is 4.90 Å². The summed E-state index contributed by atoms with van der Waals surface area (Å²) in [5.41, 5.74) is 1.81. The van der Waals surface area contributed by atoms with Crippen molar-refractivity contribution in [3.8, 4) is 0 Å². The number of thiocarbonyl (C=S) groups is 1. The fourth-order valence-corrected chi connectivity index (χ4v) is 2.97. The van der Waals surface area contributed by atoms with Crippen LogP contribution in [0, 0.1) is 0 Å². The van der Waals surface area contributed by atoms with Gasteiger partial charge >= 0.3 is 0 Å². The van der Waals surface area contributed by atoms with Crippen LogP contribution >= 0.6 is 23.8 Å². The van der Waals surface area contributed by atoms with Crippen molar-refractivity contribution in [2.24, 2.45) is 0 Å². The molecule has 126 valence electrons. The first-order valence-electron chi connectivity index (χ1n) is 7.75. The van der Waals surface area contributed by atoms with Gasteiger partial charge in [0.1, 0.15) is 5.57 Å². The smallest absolute Gasteiger partial charge is 0.269 e. The molecule has 1 fully saturated rings. The van der Waals surface area contributed by atoms with Crippen molar-refractivity contribution in [3.05, 3.63) is 76.8 Å². The van der Waals surface area contributed by atoms with Crippen LogP contribution in [0.15, 0.2) is 66.2 Å². The number of nitrogens with one attached hydrogen (secondary N) is 1. The Labute approximate surface area is 156 Å². The standard InChI is InChI=1S/C19H15ClN2O2S/c20-14-9-11-15(12-10-14)22-18(24)16(17(23)21-19(22)25)8-4-7-13-5-2-1-3-6-13/h1-3,5-6,8-12H,4,7H2,(H,21,23,25)/b16-8-. The van der Waals surface area contributed by atoms with Crippen LogP contribution in [0.2, 0.25) is 5.02 Å². The van der Waals surface area contributed by atoms with Gasteiger partial charge in [0.05, 0.1) is 5.69 Å². The second kappa shape index (κ2) is 7.59. The Balaban J connectivity index is 1.80. The van der Waals surface area contributed by atoms with E-state index in [2.05, 4.69) is 5.32 Å². The van der Waals surface area contributed by atoms with E-state index in [1.54, 1.807) is 30.3 Å². The van der Waals surface area contributed by atoms with Gasteiger partial charge in [0.15, 0.2) is 5.11 Å². The third kappa shape index (κ3) is 3.95. The molecule has 25 heavy (non-hydrogen) atoms. The molecule has 4 nitrogen and oxygen atoms in total. The maximum Gasteiger partial charge on any atom is 0.269 e. The molecule has 0 bridgehead atoms. The minimum Gasteiger partial charge on any atom is -0.298 e. The molecule has 0 aliphatic carbocycles. The molecule has 0 atom stereocenters. The molecule has 2 aromatic rings. The van der Waals surface area contributed by atoms with Crippen molar-refractivity contribution in [1.29, 1.82) is 0 Å². The number of benzene rings is 2. The van der Waals surface area contributed by atoms with Crippen LogP contribution in [0.5, 0.6) is 0 Å². The van der Waals surface area contributed by atoms with Gasteiger partial charge in [-0.2, -0.15) is 0 Å². The van der Waals surface area contributed by atoms with E-state index >= 15 is 0 Å². The van der Waals surface area contributed by atoms with Crippen LogP contribution in [-0.4, -0.2) is 16.9 Å². The number of rotatable bonds is 4. The number of nitrogens with zero attached hydrogens (tertiary/aromatic N) is 1. The van der Waals surface area contributed by atoms with Crippen LogP contribution < -0.4 is 10.2 Å². The van der Waals surface area contributed by atoms with Gasteiger partial charge in [0.25, 0.3) is 11.8 Å². The highest BCUT2D eigenvalue weighted by Crippen LogP contribution is 2.23. The summed E-state index contributed by atoms with van der Waals surface area (Å²) < 4.78 is 0. The number of halogens is 1. The monoisotopic (exact) mass is 370 g/mol. The second-order valence-corrected chi connectivity index (χ2v) is 6.34. The third-order valence-electron chi connectivity index (χ3n) is 3.81. The lowest BCUT2D eigenvalue weighted by atomic mass is 10.1. The van der Waals surface area contributed by atoms with Gasteiger partial charge < -0.3 is 0 Å². The fraction of sp³-hybridized carbons (Fsp3) is 0.105. The molecule has 0 saturated carbocycles. The molecule has 3 rings (SSSR count). The molecule has 0 unspecified atom stereocenters. The average molecular weight is 371 g/mol. The maximum absolute atomic E-state index is 12.8. The molecular weight excluding hydrogens is 356 g/mol. The zero-order chi connectivity index (χ0) is 17.8. The Morgan fingerprint density at radius 2 is 1.72 bits per heavy atom. The summed E-state index contributed by atoms with van der Waals surface area (Å²) in [6.07, 6.45) is 2.99. The molecule has 1 saturated heterocycles. The van der Waals surface area contributed by atoms with Crippen LogP contribution in [0.25, 0.3) is 0 Å². The van der Waals surface area contributed by atoms with Gasteiger partial charge in [0, 0.05) is 5.02 Å². The summed E-state index contributed by atoms with van der Waals surface area (Å²) >= 11 is 11.0. The van der Waals surface area contributed by atoms with Gasteiger partial charge in [-0.05, 0) is 54.9 Å². The first kappa shape index (κ1) is 17.3. The Morgan fingerprint density at radius 3 is 2.40 bits per heavy atom. The normalized spacial score (nSPS) is 16.3. The SMILES string of the molecule is O=C1NC(=S)N(c2ccc(Cl)cc2)C(=O)/C1=C\CCc1ccccc1. The molecule has 1 N–H and O–H groups in total. The number of hydrogen-bond acceptors (Lipinski definition) is 3. The first-order chi connectivity index (χ1) is 12.1. The Morgan fingerprint density at radius 1 is 1.04 bits per heavy atom. The van der Waals surface area contributed by atoms with E-state index in [-0.39, 0.29) is 10.7 Å². The number of amides is 2. The van der Waals surface area contributed by atoms with Gasteiger partial charge in [-0.3, -0.25) is 19.8 Å². The van der Waals surface area contributed by atoms with Crippen molar-refractivity contribution in [2.45, 2.75) is 12.8 Å². The molecule has 1 aliphatic rings. The summed E-state index contributed by atoms with van der Waals surface area (Å²) in [5, 5.41) is 3.19. The largest absolute Gasteiger partial charge is 0.298 e. The molecule has 2 aromatic carbocycles. The average Bonchev–Trinajstić information content (AvgIpc) is 2.60. The summed E-state index contributed by atoms with van der Waals surface area (Å²) in [7, 11) is 0. The lowest BCUT2D eigenvalue weighted by Gasteiger charge is -2.29. The topological polar surface area (TPSA) is 49.4 Å². The van der Waals surface area contributed by atoms with E-state index < -0.39 is 11.8 Å². The molecular formula is C19H15ClN2O2S. The summed E-state index contributed by atoms with van der Waals surface area (Å²) in [5.74, 6) is -0.891. The quantitative estimate of drug-likeness (QED) is 0.507. The van der Waals surface area contributed by atoms with Crippen LogP contribution in [0.4, 0.5) is 5.69 Å². The predicted molar refractivity (Wildman–Crippen MR) is 103 cm³/mol. The van der Waals surface area contributed by atoms with Crippen LogP contribution in [-0.2, 0) is 16.0 Å². The zero-order valence-corrected chi connectivity index (χ0v) is 14.8. The Bertz CT molecular complexity index is 847. The Kier molecular flexibility index (Phi) is 5.26. The fourth-order valence-electron chi connectivity index (χ4n) is 2.56. The predicted octanol–water partition coefficient (Wildman–Crippen LogP) is 3.65. The first-order valence-corrected chi connectivity index (χ1v) is 8.54. The number of anilines is 1. The van der Waals surface area contributed by atoms with Gasteiger partial charge in [0.2, 0.25) is 0 Å². The summed E-state index contributed by atoms with van der Waals surface area (Å²) in [4.78, 5) is 26.2. The maximum atomic E-state index is 12.8. The molecule has 2 amide bonds. The zero-order valence-electron chi connectivity index (χ0n) is 13.2. The van der Waals surface area contributed by atoms with Gasteiger partial charge in [-0.1, -0.05) is 48.0 Å². The molecule has 6 heteroatoms. The van der Waals surface area contributed by atoms with Gasteiger partial charge in [-0.25, -0.2) is 0 Å². The molecule has 0 spiro atoms. The lowest BCUT2D eigenvalue weighted by Crippen LogP contribution is -2.54. The van der Waals surface area contributed by atoms with Crippen LogP contribution in [0.1, 0.15) is 12.0 Å². The van der Waals surface area contributed by atoms with E-state index in [0.29, 0.717) is 17.1 Å². The van der Waals surface area contributed by atoms with Crippen molar-refractivity contribution < 1.29 is 9.59 Å². The number of aryl methyl sites for hydroxylation is 1.